The second kappa shape index (κ2) is 5.20. The van der Waals surface area contributed by atoms with Crippen molar-refractivity contribution in [1.82, 2.24) is 14.5 Å². The maximum Gasteiger partial charge on any atom is 0.215 e. The van der Waals surface area contributed by atoms with E-state index in [1.165, 1.54) is 0 Å². The summed E-state index contributed by atoms with van der Waals surface area (Å²) in [6.07, 6.45) is 0. The molecule has 0 amide bonds. The number of H-pyrrole nitrogens is 1. The van der Waals surface area contributed by atoms with Crippen LogP contribution in [0.4, 0.5) is 0 Å². The van der Waals surface area contributed by atoms with Gasteiger partial charge in [-0.25, -0.2) is 0 Å². The number of benzene rings is 1. The van der Waals surface area contributed by atoms with Gasteiger partial charge in [0, 0.05) is 15.6 Å². The average molecular weight is 371 g/mol. The predicted octanol–water partition coefficient (Wildman–Crippen LogP) is 4.51. The van der Waals surface area contributed by atoms with Crippen molar-refractivity contribution < 1.29 is 4.74 Å². The number of aromatic amines is 1. The molecule has 1 N–H and O–H groups in total. The van der Waals surface area contributed by atoms with Gasteiger partial charge >= 0.3 is 0 Å². The highest BCUT2D eigenvalue weighted by Crippen LogP contribution is 2.28. The molecule has 2 heterocycles. The third-order valence-electron chi connectivity index (χ3n) is 2.86. The zero-order valence-electron chi connectivity index (χ0n) is 10.4. The minimum atomic E-state index is 0.526. The van der Waals surface area contributed by atoms with Gasteiger partial charge in [0.05, 0.1) is 18.3 Å². The molecule has 0 radical (unpaired) electrons. The van der Waals surface area contributed by atoms with Crippen molar-refractivity contribution in [3.05, 3.63) is 44.6 Å². The fourth-order valence-corrected chi connectivity index (χ4v) is 2.85. The summed E-state index contributed by atoms with van der Waals surface area (Å²) in [5, 5.41) is 0.627. The van der Waals surface area contributed by atoms with Crippen molar-refractivity contribution in [2.45, 2.75) is 0 Å². The van der Waals surface area contributed by atoms with E-state index in [0.717, 1.165) is 15.7 Å². The predicted molar refractivity (Wildman–Crippen MR) is 85.5 cm³/mol. The number of methoxy groups -OCH3 is 1. The average Bonchev–Trinajstić information content (AvgIpc) is 2.76. The Kier molecular flexibility index (Phi) is 3.54. The van der Waals surface area contributed by atoms with Gasteiger partial charge in [-0.05, 0) is 52.4 Å². The van der Waals surface area contributed by atoms with E-state index < -0.39 is 0 Å². The summed E-state index contributed by atoms with van der Waals surface area (Å²) in [5.74, 6) is 0.526. The molecule has 1 aromatic carbocycles. The van der Waals surface area contributed by atoms with E-state index in [2.05, 4.69) is 25.9 Å². The second-order valence-corrected chi connectivity index (χ2v) is 5.76. The van der Waals surface area contributed by atoms with Crippen molar-refractivity contribution in [2.75, 3.05) is 7.11 Å². The first-order valence-electron chi connectivity index (χ1n) is 5.71. The Morgan fingerprint density at radius 1 is 1.35 bits per heavy atom. The Hall–Kier alpha value is -1.37. The highest BCUT2D eigenvalue weighted by molar-refractivity contribution is 9.10. The van der Waals surface area contributed by atoms with E-state index in [4.69, 9.17) is 28.6 Å². The molecular weight excluding hydrogens is 362 g/mol. The molecule has 3 rings (SSSR count). The highest BCUT2D eigenvalue weighted by Gasteiger charge is 2.12. The normalized spacial score (nSPS) is 10.9. The van der Waals surface area contributed by atoms with Crippen molar-refractivity contribution >= 4 is 50.9 Å². The van der Waals surface area contributed by atoms with Gasteiger partial charge in [-0.2, -0.15) is 4.98 Å². The van der Waals surface area contributed by atoms with E-state index in [1.54, 1.807) is 13.2 Å². The van der Waals surface area contributed by atoms with E-state index in [0.29, 0.717) is 21.3 Å². The van der Waals surface area contributed by atoms with Crippen LogP contribution in [-0.4, -0.2) is 21.6 Å². The number of halogens is 2. The van der Waals surface area contributed by atoms with Gasteiger partial charge in [-0.15, -0.1) is 0 Å². The summed E-state index contributed by atoms with van der Waals surface area (Å²) >= 11 is 15.0. The third kappa shape index (κ3) is 2.24. The number of hydrogen-bond donors (Lipinski definition) is 1. The van der Waals surface area contributed by atoms with Crippen molar-refractivity contribution in [1.29, 1.82) is 0 Å². The van der Waals surface area contributed by atoms with Crippen LogP contribution >= 0.6 is 39.7 Å². The van der Waals surface area contributed by atoms with Crippen LogP contribution in [0.1, 0.15) is 0 Å². The van der Waals surface area contributed by atoms with Crippen molar-refractivity contribution in [3.63, 3.8) is 0 Å². The van der Waals surface area contributed by atoms with Crippen LogP contribution in [0.2, 0.25) is 5.02 Å². The summed E-state index contributed by atoms with van der Waals surface area (Å²) < 4.78 is 8.41. The summed E-state index contributed by atoms with van der Waals surface area (Å²) in [7, 11) is 1.58. The Bertz CT molecular complexity index is 858. The molecule has 4 nitrogen and oxygen atoms in total. The second-order valence-electron chi connectivity index (χ2n) is 4.09. The molecule has 0 unspecified atom stereocenters. The zero-order valence-corrected chi connectivity index (χ0v) is 13.5. The molecule has 0 atom stereocenters. The Morgan fingerprint density at radius 3 is 2.90 bits per heavy atom. The van der Waals surface area contributed by atoms with E-state index in [1.807, 2.05) is 28.8 Å². The Labute approximate surface area is 133 Å². The van der Waals surface area contributed by atoms with Crippen LogP contribution in [0, 0.1) is 4.77 Å². The van der Waals surface area contributed by atoms with E-state index in [-0.39, 0.29) is 0 Å². The monoisotopic (exact) mass is 369 g/mol. The molecular formula is C13H9BrClN3OS. The number of pyridine rings is 1. The largest absolute Gasteiger partial charge is 0.481 e. The lowest BCUT2D eigenvalue weighted by molar-refractivity contribution is 0.399. The molecule has 3 aromatic rings. The SMILES string of the molecule is COc1ccc2[nH]c(=S)n(-c3cc(Cl)ccc3Br)c2n1. The van der Waals surface area contributed by atoms with Gasteiger partial charge in [0.25, 0.3) is 0 Å². The maximum atomic E-state index is 6.07. The zero-order chi connectivity index (χ0) is 14.3. The molecule has 0 aliphatic rings. The molecule has 0 fully saturated rings. The first-order chi connectivity index (χ1) is 9.60. The Morgan fingerprint density at radius 2 is 2.15 bits per heavy atom. The van der Waals surface area contributed by atoms with Crippen molar-refractivity contribution in [2.24, 2.45) is 0 Å². The molecule has 0 spiro atoms. The molecule has 0 aliphatic heterocycles. The number of ether oxygens (including phenoxy) is 1. The molecule has 20 heavy (non-hydrogen) atoms. The van der Waals surface area contributed by atoms with Crippen molar-refractivity contribution in [3.8, 4) is 11.6 Å². The van der Waals surface area contributed by atoms with Crippen LogP contribution in [0.15, 0.2) is 34.8 Å². The number of aromatic nitrogens is 3. The molecule has 102 valence electrons. The maximum absolute atomic E-state index is 6.07. The number of rotatable bonds is 2. The van der Waals surface area contributed by atoms with Gasteiger partial charge in [-0.3, -0.25) is 4.57 Å². The lowest BCUT2D eigenvalue weighted by Crippen LogP contribution is -1.98. The fraction of sp³-hybridized carbons (Fsp3) is 0.0769. The van der Waals surface area contributed by atoms with Crippen LogP contribution in [0.25, 0.3) is 16.9 Å². The van der Waals surface area contributed by atoms with Gasteiger partial charge in [0.1, 0.15) is 0 Å². The fourth-order valence-electron chi connectivity index (χ4n) is 1.96. The van der Waals surface area contributed by atoms with Crippen LogP contribution < -0.4 is 4.74 Å². The standard InChI is InChI=1S/C13H9BrClN3OS/c1-19-11-5-4-9-12(17-11)18(13(20)16-9)10-6-7(15)2-3-8(10)14/h2-6H,1H3,(H,16,20). The van der Waals surface area contributed by atoms with Gasteiger partial charge in [-0.1, -0.05) is 11.6 Å². The summed E-state index contributed by atoms with van der Waals surface area (Å²) in [5.41, 5.74) is 2.36. The van der Waals surface area contributed by atoms with E-state index >= 15 is 0 Å². The smallest absolute Gasteiger partial charge is 0.215 e. The number of nitrogens with zero attached hydrogens (tertiary/aromatic N) is 2. The van der Waals surface area contributed by atoms with Gasteiger partial charge < -0.3 is 9.72 Å². The summed E-state index contributed by atoms with van der Waals surface area (Å²) in [4.78, 5) is 7.56. The van der Waals surface area contributed by atoms with E-state index in [9.17, 15) is 0 Å². The lowest BCUT2D eigenvalue weighted by atomic mass is 10.3. The van der Waals surface area contributed by atoms with Gasteiger partial charge in [0.2, 0.25) is 5.88 Å². The number of imidazole rings is 1. The third-order valence-corrected chi connectivity index (χ3v) is 4.05. The van der Waals surface area contributed by atoms with Crippen LogP contribution in [-0.2, 0) is 0 Å². The van der Waals surface area contributed by atoms with Gasteiger partial charge in [0.15, 0.2) is 10.4 Å². The van der Waals surface area contributed by atoms with Crippen LogP contribution in [0.3, 0.4) is 0 Å². The quantitative estimate of drug-likeness (QED) is 0.675. The molecule has 0 saturated heterocycles. The molecule has 2 aromatic heterocycles. The number of nitrogens with one attached hydrogen (secondary N) is 1. The molecule has 0 aliphatic carbocycles. The summed E-state index contributed by atoms with van der Waals surface area (Å²) in [6, 6.07) is 9.17. The number of hydrogen-bond acceptors (Lipinski definition) is 3. The molecule has 7 heteroatoms. The highest BCUT2D eigenvalue weighted by atomic mass is 79.9. The number of fused-ring (bicyclic) bond motifs is 1. The lowest BCUT2D eigenvalue weighted by Gasteiger charge is -2.07. The Balaban J connectivity index is 2.37. The topological polar surface area (TPSA) is 42.8 Å². The first kappa shape index (κ1) is 13.6. The summed E-state index contributed by atoms with van der Waals surface area (Å²) in [6.45, 7) is 0. The molecule has 0 saturated carbocycles. The first-order valence-corrected chi connectivity index (χ1v) is 7.29. The minimum Gasteiger partial charge on any atom is -0.481 e. The minimum absolute atomic E-state index is 0.526. The van der Waals surface area contributed by atoms with Crippen LogP contribution in [0.5, 0.6) is 5.88 Å². The molecule has 0 bridgehead atoms.